The van der Waals surface area contributed by atoms with Crippen LogP contribution >= 0.6 is 22.7 Å². The van der Waals surface area contributed by atoms with E-state index in [1.807, 2.05) is 18.5 Å². The summed E-state index contributed by atoms with van der Waals surface area (Å²) >= 11 is 3.24. The van der Waals surface area contributed by atoms with E-state index in [1.165, 1.54) is 10.4 Å². The third-order valence-electron chi connectivity index (χ3n) is 1.86. The van der Waals surface area contributed by atoms with E-state index < -0.39 is 0 Å². The first kappa shape index (κ1) is 10.3. The topological polar surface area (TPSA) is 37.3 Å². The Morgan fingerprint density at radius 2 is 2.27 bits per heavy atom. The van der Waals surface area contributed by atoms with Gasteiger partial charge in [0.1, 0.15) is 0 Å². The molecule has 0 radical (unpaired) electrons. The van der Waals surface area contributed by atoms with Gasteiger partial charge in [0.2, 0.25) is 5.13 Å². The van der Waals surface area contributed by atoms with Gasteiger partial charge in [-0.05, 0) is 30.9 Å². The summed E-state index contributed by atoms with van der Waals surface area (Å²) in [6.07, 6.45) is 1.83. The minimum absolute atomic E-state index is 0.831. The summed E-state index contributed by atoms with van der Waals surface area (Å²) in [5, 5.41) is 9.03. The van der Waals surface area contributed by atoms with Gasteiger partial charge in [0.25, 0.3) is 0 Å². The highest BCUT2D eigenvalue weighted by Gasteiger charge is 1.96. The van der Waals surface area contributed by atoms with E-state index in [0.29, 0.717) is 0 Å². The van der Waals surface area contributed by atoms with Crippen LogP contribution in [0.3, 0.4) is 0 Å². The first-order valence-corrected chi connectivity index (χ1v) is 6.27. The number of hydrogen-bond donors (Lipinski definition) is 1. The molecule has 78 valence electrons. The maximum absolute atomic E-state index is 4.25. The lowest BCUT2D eigenvalue weighted by Gasteiger charge is -1.92. The number of nitrogens with one attached hydrogen (secondary N) is 1. The predicted octanol–water partition coefficient (Wildman–Crippen LogP) is 3.27. The molecule has 0 aliphatic heterocycles. The molecule has 2 aromatic rings. The zero-order chi connectivity index (χ0) is 10.7. The van der Waals surface area contributed by atoms with Crippen molar-refractivity contribution in [2.45, 2.75) is 13.8 Å². The van der Waals surface area contributed by atoms with Crippen LogP contribution in [0.15, 0.2) is 21.9 Å². The fourth-order valence-electron chi connectivity index (χ4n) is 1.07. The molecule has 0 saturated heterocycles. The Balaban J connectivity index is 1.99. The van der Waals surface area contributed by atoms with E-state index in [2.05, 4.69) is 33.9 Å². The second kappa shape index (κ2) is 4.55. The van der Waals surface area contributed by atoms with Crippen LogP contribution in [0.1, 0.15) is 16.1 Å². The second-order valence-electron chi connectivity index (χ2n) is 3.13. The Morgan fingerprint density at radius 3 is 2.87 bits per heavy atom. The summed E-state index contributed by atoms with van der Waals surface area (Å²) < 4.78 is 0. The van der Waals surface area contributed by atoms with Gasteiger partial charge in [0, 0.05) is 10.3 Å². The van der Waals surface area contributed by atoms with Gasteiger partial charge in [-0.2, -0.15) is 5.10 Å². The Hall–Kier alpha value is -1.20. The van der Waals surface area contributed by atoms with Gasteiger partial charge in [-0.15, -0.1) is 22.7 Å². The van der Waals surface area contributed by atoms with E-state index >= 15 is 0 Å². The van der Waals surface area contributed by atoms with Crippen LogP contribution in [0, 0.1) is 13.8 Å². The number of aromatic nitrogens is 1. The molecule has 2 aromatic heterocycles. The van der Waals surface area contributed by atoms with Crippen LogP contribution < -0.4 is 5.43 Å². The molecule has 3 nitrogen and oxygen atoms in total. The van der Waals surface area contributed by atoms with Crippen molar-refractivity contribution < 1.29 is 0 Å². The molecule has 2 rings (SSSR count). The highest BCUT2D eigenvalue weighted by Crippen LogP contribution is 2.15. The van der Waals surface area contributed by atoms with E-state index in [1.54, 1.807) is 22.7 Å². The quantitative estimate of drug-likeness (QED) is 0.657. The van der Waals surface area contributed by atoms with Crippen LogP contribution in [-0.4, -0.2) is 11.2 Å². The zero-order valence-electron chi connectivity index (χ0n) is 8.52. The summed E-state index contributed by atoms with van der Waals surface area (Å²) in [6, 6.07) is 2.08. The van der Waals surface area contributed by atoms with Crippen LogP contribution in [0.25, 0.3) is 0 Å². The molecular formula is C10H11N3S2. The second-order valence-corrected chi connectivity index (χ2v) is 4.94. The Bertz CT molecular complexity index is 470. The number of hydrogen-bond acceptors (Lipinski definition) is 5. The average Bonchev–Trinajstić information content (AvgIpc) is 2.77. The largest absolute Gasteiger partial charge is 0.253 e. The molecule has 0 aliphatic carbocycles. The van der Waals surface area contributed by atoms with Gasteiger partial charge in [-0.1, -0.05) is 0 Å². The molecule has 0 saturated carbocycles. The number of thiophene rings is 1. The molecule has 0 fully saturated rings. The summed E-state index contributed by atoms with van der Waals surface area (Å²) in [5.74, 6) is 0. The van der Waals surface area contributed by atoms with E-state index in [4.69, 9.17) is 0 Å². The van der Waals surface area contributed by atoms with Gasteiger partial charge in [-0.3, -0.25) is 5.43 Å². The maximum atomic E-state index is 4.25. The molecule has 1 N–H and O–H groups in total. The van der Waals surface area contributed by atoms with Crippen molar-refractivity contribution in [3.8, 4) is 0 Å². The molecule has 5 heteroatoms. The van der Waals surface area contributed by atoms with Crippen molar-refractivity contribution in [3.05, 3.63) is 33.0 Å². The molecule has 0 bridgehead atoms. The molecule has 15 heavy (non-hydrogen) atoms. The molecule has 0 amide bonds. The molecule has 0 aliphatic rings. The van der Waals surface area contributed by atoms with Crippen molar-refractivity contribution in [3.63, 3.8) is 0 Å². The molecule has 0 spiro atoms. The standard InChI is InChI=1S/C10H11N3S2/c1-7-3-4-14-9(7)5-11-13-10-12-8(2)6-15-10/h3-6H,1-2H3,(H,12,13)/b11-5-. The summed E-state index contributed by atoms with van der Waals surface area (Å²) in [6.45, 7) is 4.04. The number of anilines is 1. The molecular weight excluding hydrogens is 226 g/mol. The van der Waals surface area contributed by atoms with Crippen LogP contribution in [0.4, 0.5) is 5.13 Å². The summed E-state index contributed by atoms with van der Waals surface area (Å²) in [5.41, 5.74) is 5.18. The van der Waals surface area contributed by atoms with Gasteiger partial charge in [0.15, 0.2) is 0 Å². The number of aryl methyl sites for hydroxylation is 2. The molecule has 0 aromatic carbocycles. The maximum Gasteiger partial charge on any atom is 0.203 e. The molecule has 0 unspecified atom stereocenters. The summed E-state index contributed by atoms with van der Waals surface area (Å²) in [7, 11) is 0. The van der Waals surface area contributed by atoms with Gasteiger partial charge in [-0.25, -0.2) is 4.98 Å². The smallest absolute Gasteiger partial charge is 0.203 e. The van der Waals surface area contributed by atoms with E-state index in [9.17, 15) is 0 Å². The fraction of sp³-hybridized carbons (Fsp3) is 0.200. The lowest BCUT2D eigenvalue weighted by Crippen LogP contribution is -1.89. The van der Waals surface area contributed by atoms with E-state index in [-0.39, 0.29) is 0 Å². The molecule has 2 heterocycles. The van der Waals surface area contributed by atoms with E-state index in [0.717, 1.165) is 10.8 Å². The number of thiazole rings is 1. The average molecular weight is 237 g/mol. The zero-order valence-corrected chi connectivity index (χ0v) is 10.2. The van der Waals surface area contributed by atoms with Gasteiger partial charge >= 0.3 is 0 Å². The third kappa shape index (κ3) is 2.64. The van der Waals surface area contributed by atoms with Gasteiger partial charge < -0.3 is 0 Å². The third-order valence-corrected chi connectivity index (χ3v) is 3.68. The number of rotatable bonds is 3. The fourth-order valence-corrected chi connectivity index (χ4v) is 2.49. The van der Waals surface area contributed by atoms with Crippen molar-refractivity contribution in [1.82, 2.24) is 4.98 Å². The molecule has 0 atom stereocenters. The number of hydrazone groups is 1. The first-order chi connectivity index (χ1) is 7.25. The van der Waals surface area contributed by atoms with Crippen molar-refractivity contribution in [2.75, 3.05) is 5.43 Å². The minimum Gasteiger partial charge on any atom is -0.253 e. The first-order valence-electron chi connectivity index (χ1n) is 4.51. The lowest BCUT2D eigenvalue weighted by molar-refractivity contribution is 1.22. The normalized spacial score (nSPS) is 11.1. The highest BCUT2D eigenvalue weighted by molar-refractivity contribution is 7.13. The van der Waals surface area contributed by atoms with Crippen molar-refractivity contribution in [1.29, 1.82) is 0 Å². The Kier molecular flexibility index (Phi) is 3.13. The SMILES string of the molecule is Cc1csc(N/N=C\c2sccc2C)n1. The lowest BCUT2D eigenvalue weighted by atomic mass is 10.3. The Morgan fingerprint density at radius 1 is 1.40 bits per heavy atom. The van der Waals surface area contributed by atoms with Crippen molar-refractivity contribution >= 4 is 34.0 Å². The van der Waals surface area contributed by atoms with Crippen molar-refractivity contribution in [2.24, 2.45) is 5.10 Å². The Labute approximate surface area is 96.5 Å². The monoisotopic (exact) mass is 237 g/mol. The van der Waals surface area contributed by atoms with Gasteiger partial charge in [0.05, 0.1) is 11.9 Å². The highest BCUT2D eigenvalue weighted by atomic mass is 32.1. The van der Waals surface area contributed by atoms with Crippen LogP contribution in [-0.2, 0) is 0 Å². The minimum atomic E-state index is 0.831. The predicted molar refractivity (Wildman–Crippen MR) is 67.1 cm³/mol. The van der Waals surface area contributed by atoms with Crippen LogP contribution in [0.5, 0.6) is 0 Å². The summed E-state index contributed by atoms with van der Waals surface area (Å²) in [4.78, 5) is 5.43. The number of nitrogens with zero attached hydrogens (tertiary/aromatic N) is 2. The van der Waals surface area contributed by atoms with Crippen LogP contribution in [0.2, 0.25) is 0 Å².